The number of hydrogen-bond acceptors (Lipinski definition) is 6. The highest BCUT2D eigenvalue weighted by molar-refractivity contribution is 5.75. The van der Waals surface area contributed by atoms with Gasteiger partial charge in [0, 0.05) is 32.7 Å². The molecule has 3 aromatic rings. The molecule has 1 aliphatic rings. The second-order valence-corrected chi connectivity index (χ2v) is 8.82. The lowest BCUT2D eigenvalue weighted by Gasteiger charge is -2.40. The van der Waals surface area contributed by atoms with Crippen molar-refractivity contribution in [1.29, 1.82) is 0 Å². The summed E-state index contributed by atoms with van der Waals surface area (Å²) in [6, 6.07) is 21.8. The Labute approximate surface area is 191 Å². The molecule has 0 spiro atoms. The third kappa shape index (κ3) is 5.19. The summed E-state index contributed by atoms with van der Waals surface area (Å²) >= 11 is 0. The van der Waals surface area contributed by atoms with Crippen LogP contribution in [0.2, 0.25) is 0 Å². The first-order chi connectivity index (χ1) is 15.6. The van der Waals surface area contributed by atoms with Crippen LogP contribution in [-0.2, 0) is 0 Å². The lowest BCUT2D eigenvalue weighted by Crippen LogP contribution is -2.48. The van der Waals surface area contributed by atoms with E-state index < -0.39 is 0 Å². The number of rotatable bonds is 8. The van der Waals surface area contributed by atoms with Crippen molar-refractivity contribution in [2.24, 2.45) is 5.92 Å². The van der Waals surface area contributed by atoms with Gasteiger partial charge in [-0.15, -0.1) is 0 Å². The lowest BCUT2D eigenvalue weighted by atomic mass is 9.96. The first-order valence-corrected chi connectivity index (χ1v) is 11.6. The second kappa shape index (κ2) is 10.5. The molecule has 3 N–H and O–H groups in total. The van der Waals surface area contributed by atoms with Crippen molar-refractivity contribution in [2.45, 2.75) is 26.3 Å². The molecule has 6 heteroatoms. The molecule has 4 rings (SSSR count). The van der Waals surface area contributed by atoms with E-state index in [-0.39, 0.29) is 6.04 Å². The van der Waals surface area contributed by atoms with E-state index in [4.69, 9.17) is 5.73 Å². The zero-order valence-corrected chi connectivity index (χ0v) is 19.1. The number of nitrogens with two attached hydrogens (primary N) is 1. The van der Waals surface area contributed by atoms with Crippen LogP contribution in [0.5, 0.6) is 0 Å². The van der Waals surface area contributed by atoms with E-state index in [1.165, 1.54) is 11.1 Å². The van der Waals surface area contributed by atoms with Crippen LogP contribution in [0.15, 0.2) is 67.0 Å². The molecule has 0 unspecified atom stereocenters. The number of benzene rings is 2. The highest BCUT2D eigenvalue weighted by atomic mass is 15.3. The summed E-state index contributed by atoms with van der Waals surface area (Å²) in [6.45, 7) is 8.93. The highest BCUT2D eigenvalue weighted by Crippen LogP contribution is 2.32. The third-order valence-corrected chi connectivity index (χ3v) is 6.09. The molecule has 0 bridgehead atoms. The molecule has 1 aliphatic heterocycles. The van der Waals surface area contributed by atoms with Crippen molar-refractivity contribution in [3.05, 3.63) is 78.1 Å². The second-order valence-electron chi connectivity index (χ2n) is 8.82. The van der Waals surface area contributed by atoms with Gasteiger partial charge in [-0.25, -0.2) is 9.97 Å². The molecule has 1 aromatic heterocycles. The minimum Gasteiger partial charge on any atom is -0.393 e. The van der Waals surface area contributed by atoms with E-state index in [9.17, 15) is 0 Å². The maximum absolute atomic E-state index is 6.46. The van der Waals surface area contributed by atoms with Crippen LogP contribution in [-0.4, -0.2) is 47.6 Å². The number of nitrogens with one attached hydrogen (secondary N) is 1. The summed E-state index contributed by atoms with van der Waals surface area (Å²) in [7, 11) is 0. The summed E-state index contributed by atoms with van der Waals surface area (Å²) in [4.78, 5) is 13.7. The molecule has 32 heavy (non-hydrogen) atoms. The van der Waals surface area contributed by atoms with E-state index >= 15 is 0 Å². The van der Waals surface area contributed by atoms with Gasteiger partial charge in [-0.2, -0.15) is 0 Å². The highest BCUT2D eigenvalue weighted by Gasteiger charge is 2.27. The number of anilines is 3. The van der Waals surface area contributed by atoms with Gasteiger partial charge in [-0.3, -0.25) is 4.90 Å². The minimum atomic E-state index is 0.246. The van der Waals surface area contributed by atoms with Crippen molar-refractivity contribution in [3.8, 4) is 0 Å². The molecule has 0 amide bonds. The predicted molar refractivity (Wildman–Crippen MR) is 133 cm³/mol. The lowest BCUT2D eigenvalue weighted by molar-refractivity contribution is 0.212. The fraction of sp³-hybridized carbons (Fsp3) is 0.385. The zero-order valence-electron chi connectivity index (χ0n) is 19.1. The van der Waals surface area contributed by atoms with Crippen LogP contribution in [0.25, 0.3) is 0 Å². The van der Waals surface area contributed by atoms with Gasteiger partial charge in [0.1, 0.15) is 12.0 Å². The normalized spacial score (nSPS) is 14.8. The SMILES string of the molecule is CC(C)CCNc1ncnc(N2CCN(C(c3ccccc3)c3ccccc3)CC2)c1N. The smallest absolute Gasteiger partial charge is 0.157 e. The molecule has 1 saturated heterocycles. The Hall–Kier alpha value is -3.12. The number of piperazine rings is 1. The van der Waals surface area contributed by atoms with E-state index in [0.717, 1.165) is 50.8 Å². The van der Waals surface area contributed by atoms with Crippen molar-refractivity contribution >= 4 is 17.3 Å². The van der Waals surface area contributed by atoms with Crippen molar-refractivity contribution in [3.63, 3.8) is 0 Å². The Balaban J connectivity index is 1.47. The van der Waals surface area contributed by atoms with Crippen LogP contribution in [0.4, 0.5) is 17.3 Å². The summed E-state index contributed by atoms with van der Waals surface area (Å²) in [5.41, 5.74) is 9.76. The largest absolute Gasteiger partial charge is 0.393 e. The standard InChI is InChI=1S/C26H34N6/c1-20(2)13-14-28-25-23(27)26(30-19-29-25)32-17-15-31(16-18-32)24(21-9-5-3-6-10-21)22-11-7-4-8-12-22/h3-12,19-20,24H,13-18,27H2,1-2H3,(H,28,29,30). The molecular weight excluding hydrogens is 396 g/mol. The maximum Gasteiger partial charge on any atom is 0.157 e. The summed E-state index contributed by atoms with van der Waals surface area (Å²) < 4.78 is 0. The summed E-state index contributed by atoms with van der Waals surface area (Å²) in [5.74, 6) is 2.22. The van der Waals surface area contributed by atoms with E-state index in [2.05, 4.69) is 99.6 Å². The monoisotopic (exact) mass is 430 g/mol. The summed E-state index contributed by atoms with van der Waals surface area (Å²) in [5, 5.41) is 3.38. The van der Waals surface area contributed by atoms with Gasteiger partial charge in [0.05, 0.1) is 6.04 Å². The quantitative estimate of drug-likeness (QED) is 0.551. The number of nitrogens with zero attached hydrogens (tertiary/aromatic N) is 4. The van der Waals surface area contributed by atoms with Crippen LogP contribution < -0.4 is 16.0 Å². The molecule has 0 saturated carbocycles. The van der Waals surface area contributed by atoms with Gasteiger partial charge in [0.2, 0.25) is 0 Å². The number of aromatic nitrogens is 2. The Morgan fingerprint density at radius 1 is 0.875 bits per heavy atom. The van der Waals surface area contributed by atoms with Crippen LogP contribution in [0, 0.1) is 5.92 Å². The predicted octanol–water partition coefficient (Wildman–Crippen LogP) is 4.43. The van der Waals surface area contributed by atoms with E-state index in [0.29, 0.717) is 11.6 Å². The van der Waals surface area contributed by atoms with Gasteiger partial charge >= 0.3 is 0 Å². The number of hydrogen-bond donors (Lipinski definition) is 2. The molecule has 1 fully saturated rings. The van der Waals surface area contributed by atoms with Gasteiger partial charge < -0.3 is 16.0 Å². The average molecular weight is 431 g/mol. The van der Waals surface area contributed by atoms with Crippen LogP contribution in [0.3, 0.4) is 0 Å². The average Bonchev–Trinajstić information content (AvgIpc) is 2.82. The van der Waals surface area contributed by atoms with Crippen molar-refractivity contribution in [2.75, 3.05) is 48.7 Å². The van der Waals surface area contributed by atoms with Crippen molar-refractivity contribution in [1.82, 2.24) is 14.9 Å². The summed E-state index contributed by atoms with van der Waals surface area (Å²) in [6.07, 6.45) is 2.70. The van der Waals surface area contributed by atoms with Crippen LogP contribution in [0.1, 0.15) is 37.4 Å². The molecule has 2 aromatic carbocycles. The van der Waals surface area contributed by atoms with E-state index in [1.807, 2.05) is 0 Å². The first-order valence-electron chi connectivity index (χ1n) is 11.6. The van der Waals surface area contributed by atoms with Gasteiger partial charge in [-0.05, 0) is 23.5 Å². The van der Waals surface area contributed by atoms with Gasteiger partial charge in [0.15, 0.2) is 11.6 Å². The first kappa shape index (κ1) is 22.1. The molecule has 6 nitrogen and oxygen atoms in total. The fourth-order valence-corrected chi connectivity index (χ4v) is 4.34. The Bertz CT molecular complexity index is 929. The van der Waals surface area contributed by atoms with Crippen LogP contribution >= 0.6 is 0 Å². The number of nitrogen functional groups attached to an aromatic ring is 1. The zero-order chi connectivity index (χ0) is 22.3. The molecule has 0 aliphatic carbocycles. The van der Waals surface area contributed by atoms with Gasteiger partial charge in [-0.1, -0.05) is 74.5 Å². The molecule has 2 heterocycles. The molecule has 168 valence electrons. The minimum absolute atomic E-state index is 0.246. The molecule has 0 atom stereocenters. The van der Waals surface area contributed by atoms with Gasteiger partial charge in [0.25, 0.3) is 0 Å². The molecular formula is C26H34N6. The third-order valence-electron chi connectivity index (χ3n) is 6.09. The fourth-order valence-electron chi connectivity index (χ4n) is 4.34. The van der Waals surface area contributed by atoms with E-state index in [1.54, 1.807) is 6.33 Å². The Morgan fingerprint density at radius 3 is 2.03 bits per heavy atom. The maximum atomic E-state index is 6.46. The Kier molecular flexibility index (Phi) is 7.22. The van der Waals surface area contributed by atoms with Crippen molar-refractivity contribution < 1.29 is 0 Å². The topological polar surface area (TPSA) is 70.3 Å². The molecule has 0 radical (unpaired) electrons. The Morgan fingerprint density at radius 2 is 1.47 bits per heavy atom.